The van der Waals surface area contributed by atoms with Gasteiger partial charge in [0.2, 0.25) is 0 Å². The zero-order valence-corrected chi connectivity index (χ0v) is 78.5. The summed E-state index contributed by atoms with van der Waals surface area (Å²) in [6.07, 6.45) is 16.0. The largest absolute Gasteiger partial charge is 1.00 e. The second-order valence-corrected chi connectivity index (χ2v) is 43.6. The van der Waals surface area contributed by atoms with E-state index in [1.165, 1.54) is 50.7 Å². The number of alkyl halides is 3. The number of sulfonamides is 1. The van der Waals surface area contributed by atoms with E-state index in [-0.39, 0.29) is 114 Å². The van der Waals surface area contributed by atoms with Crippen LogP contribution in [0.25, 0.3) is 4.72 Å². The van der Waals surface area contributed by atoms with Crippen LogP contribution in [0.5, 0.6) is 11.5 Å². The van der Waals surface area contributed by atoms with Gasteiger partial charge in [0.05, 0.1) is 160 Å². The molecule has 25 nitrogen and oxygen atoms in total. The molecule has 4 unspecified atom stereocenters. The minimum absolute atomic E-state index is 0. The van der Waals surface area contributed by atoms with Gasteiger partial charge < -0.3 is 85.1 Å². The SMILES string of the molecule is CCC(C)(C)C(=O)OC12CC3CC(C1)CC(C(=O)[N-]S(=O)(=O)C(F)(F)F)(C3)C2.CCC(C)(C)C(=O)OCCC[Si](C)(C)O[Si](C)(C)C.CCC(C)(C)C(=O)Oc1ccc(O)cc1.CCC(C)C(=O)OCCOCCOCCOCCOCCOCCOCCOCCOCCOC.CCCCCCCCCOC(=O)C(C)CC.[Na+]. The van der Waals surface area contributed by atoms with E-state index in [0.29, 0.717) is 151 Å². The third-order valence-corrected chi connectivity index (χ3v) is 27.1. The second kappa shape index (κ2) is 60.2. The van der Waals surface area contributed by atoms with E-state index in [1.54, 1.807) is 33.1 Å². The summed E-state index contributed by atoms with van der Waals surface area (Å²) >= 11 is 0. The Morgan fingerprint density at radius 1 is 0.509 bits per heavy atom. The zero-order valence-electron chi connectivity index (χ0n) is 73.7. The number of hydrogen-bond donors (Lipinski definition) is 1. The monoisotopic (exact) mass is 1700 g/mol. The molecule has 0 radical (unpaired) electrons. The predicted molar refractivity (Wildman–Crippen MR) is 435 cm³/mol. The maximum Gasteiger partial charge on any atom is 1.00 e. The third kappa shape index (κ3) is 50.6. The van der Waals surface area contributed by atoms with Crippen molar-refractivity contribution in [2.45, 2.75) is 269 Å². The van der Waals surface area contributed by atoms with Gasteiger partial charge in [0.25, 0.3) is 0 Å². The van der Waals surface area contributed by atoms with Crippen molar-refractivity contribution in [2.75, 3.05) is 139 Å². The van der Waals surface area contributed by atoms with Crippen molar-refractivity contribution < 1.29 is 155 Å². The van der Waals surface area contributed by atoms with Crippen LogP contribution >= 0.6 is 0 Å². The summed E-state index contributed by atoms with van der Waals surface area (Å²) in [6, 6.07) is 7.16. The number of halogens is 3. The Hall–Kier alpha value is -3.39. The van der Waals surface area contributed by atoms with Crippen molar-refractivity contribution in [1.82, 2.24) is 0 Å². The second-order valence-electron chi connectivity index (χ2n) is 32.9. The third-order valence-electron chi connectivity index (χ3n) is 19.9. The minimum Gasteiger partial charge on any atom is -0.538 e. The Labute approximate surface area is 707 Å². The normalized spacial score (nSPS) is 17.8. The molecule has 1 amide bonds. The molecule has 4 aliphatic rings. The number of carbonyl (C=O) groups is 6. The fourth-order valence-electron chi connectivity index (χ4n) is 11.9. The molecule has 4 bridgehead atoms. The van der Waals surface area contributed by atoms with E-state index in [1.807, 2.05) is 76.2 Å². The van der Waals surface area contributed by atoms with E-state index in [2.05, 4.69) is 44.4 Å². The number of esters is 5. The van der Waals surface area contributed by atoms with Crippen molar-refractivity contribution in [3.63, 3.8) is 0 Å². The van der Waals surface area contributed by atoms with Crippen LogP contribution in [0.15, 0.2) is 24.3 Å². The van der Waals surface area contributed by atoms with Gasteiger partial charge in [0, 0.05) is 12.5 Å². The number of benzene rings is 1. The molecule has 114 heavy (non-hydrogen) atoms. The number of carbonyl (C=O) groups excluding carboxylic acids is 6. The van der Waals surface area contributed by atoms with Crippen molar-refractivity contribution in [2.24, 2.45) is 45.3 Å². The molecule has 0 spiro atoms. The molecule has 0 aliphatic heterocycles. The number of rotatable bonds is 55. The molecule has 0 saturated heterocycles. The van der Waals surface area contributed by atoms with Crippen molar-refractivity contribution >= 4 is 62.4 Å². The van der Waals surface area contributed by atoms with E-state index >= 15 is 0 Å². The predicted octanol–water partition coefficient (Wildman–Crippen LogP) is 13.9. The molecule has 4 atom stereocenters. The van der Waals surface area contributed by atoms with Gasteiger partial charge in [0.1, 0.15) is 23.7 Å². The molecular formula is C82H149F3NNaO24SSi2. The van der Waals surface area contributed by atoms with Gasteiger partial charge in [-0.1, -0.05) is 93.9 Å². The molecule has 1 aromatic rings. The standard InChI is InChI=1S/C24H48O11.C18H26F3NO5S.C14H32O3Si2.C14H28O2.C12H16O3.Na/c1-4-23(2)24(25)35-22-21-34-20-19-33-18-17-32-16-15-31-14-13-30-12-11-29-10-9-28-8-7-27-6-5-26-3;1-4-15(2,3)14(24)27-17-8-11-5-12(9-17)7-16(6-11,10-17)13(23)22-28(25,26)18(19,20)21;1-9-14(2,3)13(15)16-11-10-12-19(7,8)17-18(4,5)6;1-4-6-7-8-9-10-11-12-16-14(15)13(3)5-2;1-4-12(2,3)11(14)15-10-7-5-9(13)6-8-10;/h23H,4-22H2,1-3H3;11-12H,4-10H2,1-3H3,(H,22,23);9-12H2,1-8H3;13H,4-12H2,1-3H3;5-8,13H,4H2,1-3H3;/q;;;;;+1/p-1. The number of ether oxygens (including phenoxy) is 14. The molecule has 1 aromatic carbocycles. The molecule has 4 saturated carbocycles. The summed E-state index contributed by atoms with van der Waals surface area (Å²) in [5.41, 5.74) is -9.40. The summed E-state index contributed by atoms with van der Waals surface area (Å²) in [5, 5.41) is 9.06. The first-order valence-corrected chi connectivity index (χ1v) is 49.0. The van der Waals surface area contributed by atoms with Crippen molar-refractivity contribution in [3.05, 3.63) is 29.0 Å². The smallest absolute Gasteiger partial charge is 0.538 e. The van der Waals surface area contributed by atoms with Gasteiger partial charge in [-0.15, -0.1) is 0 Å². The fraction of sp³-hybridized carbons (Fsp3) is 0.854. The van der Waals surface area contributed by atoms with Crippen LogP contribution in [0.1, 0.15) is 219 Å². The van der Waals surface area contributed by atoms with E-state index in [9.17, 15) is 50.4 Å². The van der Waals surface area contributed by atoms with Gasteiger partial charge in [-0.05, 0) is 200 Å². The van der Waals surface area contributed by atoms with Gasteiger partial charge in [0.15, 0.2) is 26.7 Å². The molecule has 5 rings (SSSR count). The van der Waals surface area contributed by atoms with Crippen LogP contribution < -0.4 is 34.3 Å². The maximum absolute atomic E-state index is 12.7. The van der Waals surface area contributed by atoms with E-state index < -0.39 is 65.9 Å². The van der Waals surface area contributed by atoms with Crippen LogP contribution in [0, 0.1) is 45.3 Å². The summed E-state index contributed by atoms with van der Waals surface area (Å²) in [4.78, 5) is 71.6. The number of methoxy groups -OCH3 is 1. The number of hydrogen-bond acceptors (Lipinski definition) is 24. The Balaban J connectivity index is 0. The summed E-state index contributed by atoms with van der Waals surface area (Å²) in [6.45, 7) is 48.1. The fourth-order valence-corrected chi connectivity index (χ4v) is 20.5. The average Bonchev–Trinajstić information content (AvgIpc) is 0.713. The number of unbranched alkanes of at least 4 members (excludes halogenated alkanes) is 6. The van der Waals surface area contributed by atoms with Crippen LogP contribution in [-0.2, 0) is 104 Å². The number of phenols is 1. The van der Waals surface area contributed by atoms with E-state index in [4.69, 9.17) is 75.5 Å². The Kier molecular flexibility index (Phi) is 59.4. The minimum atomic E-state index is -5.89. The Bertz CT molecular complexity index is 2860. The average molecular weight is 1700 g/mol. The molecule has 662 valence electrons. The topological polar surface area (TPSA) is 309 Å². The van der Waals surface area contributed by atoms with Gasteiger partial charge in [-0.25, -0.2) is 8.42 Å². The zero-order chi connectivity index (χ0) is 85.9. The Morgan fingerprint density at radius 2 is 0.877 bits per heavy atom. The number of amides is 1. The number of phenolic OH excluding ortho intramolecular Hbond substituents is 1. The number of aromatic hydroxyl groups is 1. The molecule has 4 aliphatic carbocycles. The van der Waals surface area contributed by atoms with E-state index in [0.717, 1.165) is 51.0 Å². The summed E-state index contributed by atoms with van der Waals surface area (Å²) in [5.74, 6) is -1.59. The first-order valence-electron chi connectivity index (χ1n) is 41.1. The Morgan fingerprint density at radius 3 is 1.26 bits per heavy atom. The van der Waals surface area contributed by atoms with Gasteiger partial charge in [-0.3, -0.25) is 24.0 Å². The summed E-state index contributed by atoms with van der Waals surface area (Å²) in [7, 11) is -7.30. The molecule has 1 N–H and O–H groups in total. The first kappa shape index (κ1) is 113. The van der Waals surface area contributed by atoms with Crippen LogP contribution in [0.3, 0.4) is 0 Å². The molecular weight excluding hydrogens is 1550 g/mol. The van der Waals surface area contributed by atoms with Crippen LogP contribution in [0.2, 0.25) is 38.8 Å². The quantitative estimate of drug-likeness (QED) is 0.0208. The van der Waals surface area contributed by atoms with Gasteiger partial charge in [-0.2, -0.15) is 13.2 Å². The molecule has 4 fully saturated rings. The van der Waals surface area contributed by atoms with Crippen LogP contribution in [0.4, 0.5) is 13.2 Å². The summed E-state index contributed by atoms with van der Waals surface area (Å²) < 4.78 is 144. The van der Waals surface area contributed by atoms with Crippen molar-refractivity contribution in [3.8, 4) is 11.5 Å². The maximum atomic E-state index is 12.7. The van der Waals surface area contributed by atoms with Gasteiger partial charge >= 0.3 is 64.9 Å². The first-order chi connectivity index (χ1) is 52.9. The van der Waals surface area contributed by atoms with Crippen molar-refractivity contribution in [1.29, 1.82) is 0 Å². The molecule has 0 heterocycles. The van der Waals surface area contributed by atoms with Crippen LogP contribution in [-0.4, -0.2) is 216 Å². The molecule has 32 heteroatoms. The molecule has 0 aromatic heterocycles. The number of nitrogens with zero attached hydrogens (tertiary/aromatic N) is 1.